The second-order valence-corrected chi connectivity index (χ2v) is 3.61. The lowest BCUT2D eigenvalue weighted by atomic mass is 10.2. The van der Waals surface area contributed by atoms with E-state index < -0.39 is 0 Å². The number of halogens is 1. The van der Waals surface area contributed by atoms with Crippen LogP contribution >= 0.6 is 11.6 Å². The standard InChI is InChI=1S/C12H14ClNO2/c1-16-9-8-14-12(15)7-4-10-2-5-11(13)6-3-10/h2-7H,8-9H2,1H3,(H,14,15). The van der Waals surface area contributed by atoms with Gasteiger partial charge in [0.2, 0.25) is 5.91 Å². The number of ether oxygens (including phenoxy) is 1. The Balaban J connectivity index is 2.41. The van der Waals surface area contributed by atoms with Gasteiger partial charge in [-0.3, -0.25) is 4.79 Å². The number of hydrogen-bond donors (Lipinski definition) is 1. The molecule has 86 valence electrons. The Labute approximate surface area is 100 Å². The average molecular weight is 240 g/mol. The molecule has 0 saturated carbocycles. The third kappa shape index (κ3) is 4.96. The highest BCUT2D eigenvalue weighted by Gasteiger charge is 1.94. The maximum atomic E-state index is 11.3. The van der Waals surface area contributed by atoms with Crippen LogP contribution in [0.25, 0.3) is 6.08 Å². The third-order valence-electron chi connectivity index (χ3n) is 1.90. The molecule has 0 radical (unpaired) electrons. The molecule has 0 bridgehead atoms. The molecule has 0 spiro atoms. The van der Waals surface area contributed by atoms with E-state index in [2.05, 4.69) is 5.32 Å². The van der Waals surface area contributed by atoms with Crippen molar-refractivity contribution in [1.29, 1.82) is 0 Å². The number of carbonyl (C=O) groups excluding carboxylic acids is 1. The molecule has 0 heterocycles. The number of hydrogen-bond acceptors (Lipinski definition) is 2. The number of rotatable bonds is 5. The molecule has 4 heteroatoms. The molecule has 1 aromatic rings. The number of benzene rings is 1. The Hall–Kier alpha value is -1.32. The van der Waals surface area contributed by atoms with Crippen molar-refractivity contribution >= 4 is 23.6 Å². The van der Waals surface area contributed by atoms with Gasteiger partial charge in [-0.1, -0.05) is 23.7 Å². The summed E-state index contributed by atoms with van der Waals surface area (Å²) in [5, 5.41) is 3.37. The van der Waals surface area contributed by atoms with Gasteiger partial charge in [0, 0.05) is 24.8 Å². The van der Waals surface area contributed by atoms with Gasteiger partial charge in [0.25, 0.3) is 0 Å². The van der Waals surface area contributed by atoms with Crippen LogP contribution in [0.15, 0.2) is 30.3 Å². The zero-order chi connectivity index (χ0) is 11.8. The Bertz CT molecular complexity index is 360. The number of nitrogens with one attached hydrogen (secondary N) is 1. The van der Waals surface area contributed by atoms with Crippen molar-refractivity contribution < 1.29 is 9.53 Å². The molecule has 0 saturated heterocycles. The molecule has 1 aromatic carbocycles. The summed E-state index contributed by atoms with van der Waals surface area (Å²) in [4.78, 5) is 11.3. The van der Waals surface area contributed by atoms with Crippen molar-refractivity contribution in [3.63, 3.8) is 0 Å². The highest BCUT2D eigenvalue weighted by molar-refractivity contribution is 6.30. The van der Waals surface area contributed by atoms with E-state index in [4.69, 9.17) is 16.3 Å². The van der Waals surface area contributed by atoms with Crippen LogP contribution in [0, 0.1) is 0 Å². The van der Waals surface area contributed by atoms with Crippen molar-refractivity contribution in [3.05, 3.63) is 40.9 Å². The first-order valence-electron chi connectivity index (χ1n) is 4.93. The molecule has 0 unspecified atom stereocenters. The largest absolute Gasteiger partial charge is 0.383 e. The van der Waals surface area contributed by atoms with E-state index in [9.17, 15) is 4.79 Å². The second kappa shape index (κ2) is 7.04. The summed E-state index contributed by atoms with van der Waals surface area (Å²) in [5.74, 6) is -0.132. The lowest BCUT2D eigenvalue weighted by Gasteiger charge is -1.99. The lowest BCUT2D eigenvalue weighted by molar-refractivity contribution is -0.116. The van der Waals surface area contributed by atoms with E-state index in [-0.39, 0.29) is 5.91 Å². The van der Waals surface area contributed by atoms with Crippen LogP contribution in [0.2, 0.25) is 5.02 Å². The number of amides is 1. The maximum Gasteiger partial charge on any atom is 0.244 e. The van der Waals surface area contributed by atoms with Gasteiger partial charge in [-0.05, 0) is 23.8 Å². The predicted octanol–water partition coefficient (Wildman–Crippen LogP) is 2.12. The Kier molecular flexibility index (Phi) is 5.61. The average Bonchev–Trinajstić information content (AvgIpc) is 2.29. The molecule has 0 aliphatic carbocycles. The molecular formula is C12H14ClNO2. The van der Waals surface area contributed by atoms with Crippen molar-refractivity contribution in [1.82, 2.24) is 5.32 Å². The first kappa shape index (κ1) is 12.7. The van der Waals surface area contributed by atoms with E-state index in [0.29, 0.717) is 18.2 Å². The molecule has 1 amide bonds. The van der Waals surface area contributed by atoms with Crippen LogP contribution in [0.3, 0.4) is 0 Å². The highest BCUT2D eigenvalue weighted by atomic mass is 35.5. The monoisotopic (exact) mass is 239 g/mol. The summed E-state index contributed by atoms with van der Waals surface area (Å²) in [5.41, 5.74) is 0.936. The number of carbonyl (C=O) groups is 1. The first-order valence-corrected chi connectivity index (χ1v) is 5.30. The molecule has 3 nitrogen and oxygen atoms in total. The fourth-order valence-electron chi connectivity index (χ4n) is 1.08. The quantitative estimate of drug-likeness (QED) is 0.631. The summed E-state index contributed by atoms with van der Waals surface area (Å²) in [6, 6.07) is 7.26. The molecule has 0 fully saturated rings. The minimum absolute atomic E-state index is 0.132. The van der Waals surface area contributed by atoms with Crippen molar-refractivity contribution in [2.75, 3.05) is 20.3 Å². The van der Waals surface area contributed by atoms with E-state index >= 15 is 0 Å². The molecule has 0 atom stereocenters. The van der Waals surface area contributed by atoms with Crippen molar-refractivity contribution in [3.8, 4) is 0 Å². The van der Waals surface area contributed by atoms with Crippen molar-refractivity contribution in [2.24, 2.45) is 0 Å². The van der Waals surface area contributed by atoms with Gasteiger partial charge in [-0.15, -0.1) is 0 Å². The lowest BCUT2D eigenvalue weighted by Crippen LogP contribution is -2.24. The Morgan fingerprint density at radius 1 is 1.44 bits per heavy atom. The van der Waals surface area contributed by atoms with Gasteiger partial charge < -0.3 is 10.1 Å². The topological polar surface area (TPSA) is 38.3 Å². The van der Waals surface area contributed by atoms with Crippen LogP contribution in [0.5, 0.6) is 0 Å². The van der Waals surface area contributed by atoms with Crippen LogP contribution in [0.1, 0.15) is 5.56 Å². The van der Waals surface area contributed by atoms with Gasteiger partial charge in [0.1, 0.15) is 0 Å². The summed E-state index contributed by atoms with van der Waals surface area (Å²) < 4.78 is 4.81. The fourth-order valence-corrected chi connectivity index (χ4v) is 1.21. The Morgan fingerprint density at radius 3 is 2.75 bits per heavy atom. The zero-order valence-electron chi connectivity index (χ0n) is 9.07. The fraction of sp³-hybridized carbons (Fsp3) is 0.250. The summed E-state index contributed by atoms with van der Waals surface area (Å²) >= 11 is 5.74. The van der Waals surface area contributed by atoms with E-state index in [1.165, 1.54) is 6.08 Å². The van der Waals surface area contributed by atoms with Crippen LogP contribution in [0.4, 0.5) is 0 Å². The zero-order valence-corrected chi connectivity index (χ0v) is 9.83. The second-order valence-electron chi connectivity index (χ2n) is 3.17. The normalized spacial score (nSPS) is 10.6. The molecule has 1 N–H and O–H groups in total. The SMILES string of the molecule is COCCNC(=O)C=Cc1ccc(Cl)cc1. The van der Waals surface area contributed by atoms with E-state index in [1.54, 1.807) is 25.3 Å². The molecule has 16 heavy (non-hydrogen) atoms. The molecule has 0 aliphatic heterocycles. The molecular weight excluding hydrogens is 226 g/mol. The van der Waals surface area contributed by atoms with E-state index in [1.807, 2.05) is 12.1 Å². The highest BCUT2D eigenvalue weighted by Crippen LogP contribution is 2.10. The van der Waals surface area contributed by atoms with Gasteiger partial charge in [-0.2, -0.15) is 0 Å². The van der Waals surface area contributed by atoms with Gasteiger partial charge in [-0.25, -0.2) is 0 Å². The molecule has 1 rings (SSSR count). The minimum Gasteiger partial charge on any atom is -0.383 e. The maximum absolute atomic E-state index is 11.3. The van der Waals surface area contributed by atoms with Crippen LogP contribution < -0.4 is 5.32 Å². The molecule has 0 aliphatic rings. The number of methoxy groups -OCH3 is 1. The van der Waals surface area contributed by atoms with Crippen LogP contribution in [-0.4, -0.2) is 26.2 Å². The Morgan fingerprint density at radius 2 is 2.12 bits per heavy atom. The van der Waals surface area contributed by atoms with E-state index in [0.717, 1.165) is 5.56 Å². The smallest absolute Gasteiger partial charge is 0.244 e. The van der Waals surface area contributed by atoms with Gasteiger partial charge in [0.05, 0.1) is 6.61 Å². The summed E-state index contributed by atoms with van der Waals surface area (Å²) in [7, 11) is 1.59. The first-order chi connectivity index (χ1) is 7.72. The minimum atomic E-state index is -0.132. The third-order valence-corrected chi connectivity index (χ3v) is 2.15. The van der Waals surface area contributed by atoms with Gasteiger partial charge >= 0.3 is 0 Å². The molecule has 0 aromatic heterocycles. The summed E-state index contributed by atoms with van der Waals surface area (Å²) in [6.07, 6.45) is 3.22. The van der Waals surface area contributed by atoms with Crippen molar-refractivity contribution in [2.45, 2.75) is 0 Å². The van der Waals surface area contributed by atoms with Crippen LogP contribution in [-0.2, 0) is 9.53 Å². The van der Waals surface area contributed by atoms with Gasteiger partial charge in [0.15, 0.2) is 0 Å². The predicted molar refractivity (Wildman–Crippen MR) is 65.4 cm³/mol. The summed E-state index contributed by atoms with van der Waals surface area (Å²) in [6.45, 7) is 1.03.